The zero-order valence-corrected chi connectivity index (χ0v) is 8.92. The summed E-state index contributed by atoms with van der Waals surface area (Å²) in [5.74, 6) is 2.09. The molecule has 0 spiro atoms. The second-order valence-corrected chi connectivity index (χ2v) is 5.26. The van der Waals surface area contributed by atoms with Crippen LogP contribution in [-0.4, -0.2) is 5.78 Å². The fraction of sp³-hybridized carbons (Fsp3) is 0.750. The molecule has 0 radical (unpaired) electrons. The van der Waals surface area contributed by atoms with Gasteiger partial charge in [-0.15, -0.1) is 0 Å². The van der Waals surface area contributed by atoms with E-state index in [0.717, 1.165) is 18.3 Å². The highest BCUT2D eigenvalue weighted by atomic mass is 16.1. The van der Waals surface area contributed by atoms with E-state index in [9.17, 15) is 4.79 Å². The second kappa shape index (κ2) is 2.46. The van der Waals surface area contributed by atoms with Crippen LogP contribution < -0.4 is 0 Å². The Balaban J connectivity index is 2.21. The summed E-state index contributed by atoms with van der Waals surface area (Å²) in [6.45, 7) is 8.46. The van der Waals surface area contributed by atoms with Crippen LogP contribution in [0.2, 0.25) is 0 Å². The van der Waals surface area contributed by atoms with Gasteiger partial charge >= 0.3 is 0 Å². The summed E-state index contributed by atoms with van der Waals surface area (Å²) >= 11 is 0. The van der Waals surface area contributed by atoms with Crippen molar-refractivity contribution >= 4 is 5.78 Å². The van der Waals surface area contributed by atoms with E-state index in [1.54, 1.807) is 6.92 Å². The molecule has 1 heteroatoms. The maximum atomic E-state index is 11.3. The molecule has 2 aliphatic carbocycles. The van der Waals surface area contributed by atoms with Crippen molar-refractivity contribution in [1.29, 1.82) is 0 Å². The third-order valence-electron chi connectivity index (χ3n) is 4.11. The second-order valence-electron chi connectivity index (χ2n) is 5.26. The van der Waals surface area contributed by atoms with Gasteiger partial charge in [0.15, 0.2) is 0 Å². The number of hydrogen-bond donors (Lipinski definition) is 0. The van der Waals surface area contributed by atoms with Crippen LogP contribution in [0, 0.1) is 23.2 Å². The Hall–Kier alpha value is -0.590. The quantitative estimate of drug-likeness (QED) is 0.564. The number of allylic oxidation sites excluding steroid dienone is 2. The zero-order chi connectivity index (χ0) is 9.80. The van der Waals surface area contributed by atoms with E-state index in [1.165, 1.54) is 5.57 Å². The van der Waals surface area contributed by atoms with E-state index in [-0.39, 0.29) is 5.92 Å². The number of fused-ring (bicyclic) bond motifs is 1. The maximum absolute atomic E-state index is 11.3. The van der Waals surface area contributed by atoms with E-state index in [4.69, 9.17) is 0 Å². The molecule has 0 aromatic carbocycles. The predicted molar refractivity (Wildman–Crippen MR) is 53.3 cm³/mol. The number of carbonyl (C=O) groups excluding carboxylic acids is 1. The Bertz CT molecular complexity index is 285. The maximum Gasteiger partial charge on any atom is 0.136 e. The van der Waals surface area contributed by atoms with Crippen LogP contribution in [0.3, 0.4) is 0 Å². The van der Waals surface area contributed by atoms with E-state index in [0.29, 0.717) is 11.2 Å². The molecule has 0 saturated heterocycles. The average Bonchev–Trinajstić information content (AvgIpc) is 2.52. The standard InChI is InChI=1S/C12H18O/c1-7-5-10-11(12(10,3)4)6-9(7)8(2)13/h5,9-11H,6H2,1-4H3/t9-,10+,11-/m0/s1. The number of ketones is 1. The fourth-order valence-corrected chi connectivity index (χ4v) is 2.89. The molecule has 0 heterocycles. The minimum absolute atomic E-state index is 0.225. The molecule has 0 aliphatic heterocycles. The Labute approximate surface area is 80.2 Å². The minimum Gasteiger partial charge on any atom is -0.299 e. The van der Waals surface area contributed by atoms with E-state index in [1.807, 2.05) is 0 Å². The van der Waals surface area contributed by atoms with E-state index >= 15 is 0 Å². The molecule has 2 aliphatic rings. The van der Waals surface area contributed by atoms with Crippen molar-refractivity contribution in [3.8, 4) is 0 Å². The first-order valence-electron chi connectivity index (χ1n) is 5.13. The third kappa shape index (κ3) is 1.17. The van der Waals surface area contributed by atoms with E-state index in [2.05, 4.69) is 26.8 Å². The molecule has 0 amide bonds. The molecular weight excluding hydrogens is 160 g/mol. The molecule has 0 aromatic rings. The Kier molecular flexibility index (Phi) is 1.70. The molecule has 0 aromatic heterocycles. The van der Waals surface area contributed by atoms with Crippen LogP contribution in [0.4, 0.5) is 0 Å². The van der Waals surface area contributed by atoms with Crippen molar-refractivity contribution in [2.45, 2.75) is 34.1 Å². The molecule has 0 N–H and O–H groups in total. The monoisotopic (exact) mass is 178 g/mol. The van der Waals surface area contributed by atoms with Gasteiger partial charge in [0.25, 0.3) is 0 Å². The van der Waals surface area contributed by atoms with Crippen molar-refractivity contribution in [2.24, 2.45) is 23.2 Å². The van der Waals surface area contributed by atoms with Crippen molar-refractivity contribution < 1.29 is 4.79 Å². The predicted octanol–water partition coefficient (Wildman–Crippen LogP) is 2.81. The first kappa shape index (κ1) is 8.98. The van der Waals surface area contributed by atoms with Gasteiger partial charge in [-0.25, -0.2) is 0 Å². The van der Waals surface area contributed by atoms with Crippen LogP contribution in [0.15, 0.2) is 11.6 Å². The highest BCUT2D eigenvalue weighted by Crippen LogP contribution is 2.64. The molecule has 72 valence electrons. The molecule has 0 bridgehead atoms. The first-order chi connectivity index (χ1) is 5.94. The molecule has 3 atom stereocenters. The third-order valence-corrected chi connectivity index (χ3v) is 4.11. The summed E-state index contributed by atoms with van der Waals surface area (Å²) < 4.78 is 0. The molecule has 1 saturated carbocycles. The van der Waals surface area contributed by atoms with Crippen molar-refractivity contribution in [2.75, 3.05) is 0 Å². The van der Waals surface area contributed by atoms with Crippen LogP contribution in [0.25, 0.3) is 0 Å². The summed E-state index contributed by atoms with van der Waals surface area (Å²) in [6.07, 6.45) is 3.43. The smallest absolute Gasteiger partial charge is 0.136 e. The van der Waals surface area contributed by atoms with Crippen molar-refractivity contribution in [1.82, 2.24) is 0 Å². The average molecular weight is 178 g/mol. The topological polar surface area (TPSA) is 17.1 Å². The molecule has 1 nitrogen and oxygen atoms in total. The lowest BCUT2D eigenvalue weighted by Crippen LogP contribution is -2.16. The molecule has 13 heavy (non-hydrogen) atoms. The number of carbonyl (C=O) groups is 1. The molecule has 1 fully saturated rings. The van der Waals surface area contributed by atoms with Crippen LogP contribution in [-0.2, 0) is 4.79 Å². The lowest BCUT2D eigenvalue weighted by molar-refractivity contribution is -0.120. The lowest BCUT2D eigenvalue weighted by Gasteiger charge is -2.18. The largest absolute Gasteiger partial charge is 0.299 e. The summed E-state index contributed by atoms with van der Waals surface area (Å²) in [6, 6.07) is 0. The van der Waals surface area contributed by atoms with Gasteiger partial charge in [0.2, 0.25) is 0 Å². The van der Waals surface area contributed by atoms with Gasteiger partial charge in [-0.2, -0.15) is 0 Å². The Morgan fingerprint density at radius 3 is 2.69 bits per heavy atom. The highest BCUT2D eigenvalue weighted by Gasteiger charge is 2.58. The highest BCUT2D eigenvalue weighted by molar-refractivity contribution is 5.81. The van der Waals surface area contributed by atoms with Crippen molar-refractivity contribution in [3.63, 3.8) is 0 Å². The summed E-state index contributed by atoms with van der Waals surface area (Å²) in [5, 5.41) is 0. The van der Waals surface area contributed by atoms with Crippen molar-refractivity contribution in [3.05, 3.63) is 11.6 Å². The fourth-order valence-electron chi connectivity index (χ4n) is 2.89. The van der Waals surface area contributed by atoms with Gasteiger partial charge < -0.3 is 0 Å². The molecular formula is C12H18O. The number of rotatable bonds is 1. The summed E-state index contributed by atoms with van der Waals surface area (Å²) in [4.78, 5) is 11.3. The lowest BCUT2D eigenvalue weighted by atomic mass is 9.86. The van der Waals surface area contributed by atoms with Crippen LogP contribution >= 0.6 is 0 Å². The summed E-state index contributed by atoms with van der Waals surface area (Å²) in [7, 11) is 0. The summed E-state index contributed by atoms with van der Waals surface area (Å²) in [5.41, 5.74) is 1.77. The van der Waals surface area contributed by atoms with Gasteiger partial charge in [0.05, 0.1) is 0 Å². The zero-order valence-electron chi connectivity index (χ0n) is 8.92. The normalized spacial score (nSPS) is 40.6. The van der Waals surface area contributed by atoms with Gasteiger partial charge in [0, 0.05) is 5.92 Å². The first-order valence-corrected chi connectivity index (χ1v) is 5.13. The number of Topliss-reactive ketones (excluding diaryl/α,β-unsaturated/α-hetero) is 1. The van der Waals surface area contributed by atoms with E-state index < -0.39 is 0 Å². The minimum atomic E-state index is 0.225. The van der Waals surface area contributed by atoms with Crippen LogP contribution in [0.1, 0.15) is 34.1 Å². The SMILES string of the molecule is CC(=O)[C@H]1C[C@H]2[C@@H](C=C1C)C2(C)C. The van der Waals surface area contributed by atoms with Gasteiger partial charge in [0.1, 0.15) is 5.78 Å². The van der Waals surface area contributed by atoms with Crippen LogP contribution in [0.5, 0.6) is 0 Å². The van der Waals surface area contributed by atoms with Gasteiger partial charge in [-0.1, -0.05) is 25.5 Å². The molecule has 0 unspecified atom stereocenters. The molecule has 2 rings (SSSR count). The van der Waals surface area contributed by atoms with Gasteiger partial charge in [-0.05, 0) is 37.5 Å². The Morgan fingerprint density at radius 2 is 2.15 bits per heavy atom. The van der Waals surface area contributed by atoms with Gasteiger partial charge in [-0.3, -0.25) is 4.79 Å². The number of hydrogen-bond acceptors (Lipinski definition) is 1. The Morgan fingerprint density at radius 1 is 1.54 bits per heavy atom.